The fraction of sp³-hybridized carbons (Fsp3) is 0.882. The molecule has 0 saturated heterocycles. The van der Waals surface area contributed by atoms with Gasteiger partial charge in [0.05, 0.1) is 11.0 Å². The number of carbonyl (C=O) groups excluding carboxylic acids is 2. The molecule has 6 atom stereocenters. The van der Waals surface area contributed by atoms with E-state index >= 15 is 0 Å². The summed E-state index contributed by atoms with van der Waals surface area (Å²) in [5, 5.41) is 11.6. The number of ketones is 1. The molecule has 0 radical (unpaired) electrons. The molecule has 4 heteroatoms. The summed E-state index contributed by atoms with van der Waals surface area (Å²) < 4.78 is 5.57. The minimum atomic E-state index is -1.04. The van der Waals surface area contributed by atoms with Crippen LogP contribution in [-0.2, 0) is 14.3 Å². The zero-order valence-corrected chi connectivity index (χ0v) is 13.6. The van der Waals surface area contributed by atoms with E-state index in [1.54, 1.807) is 0 Å². The number of hydrogen-bond donors (Lipinski definition) is 1. The number of ether oxygens (including phenoxy) is 1. The van der Waals surface area contributed by atoms with E-state index in [0.717, 1.165) is 6.42 Å². The van der Waals surface area contributed by atoms with Gasteiger partial charge in [0.25, 0.3) is 0 Å². The molecule has 3 rings (SSSR count). The van der Waals surface area contributed by atoms with Crippen LogP contribution in [0.15, 0.2) is 0 Å². The quantitative estimate of drug-likeness (QED) is 0.754. The molecule has 3 aliphatic carbocycles. The average Bonchev–Trinajstić information content (AvgIpc) is 2.59. The first-order valence-corrected chi connectivity index (χ1v) is 7.97. The van der Waals surface area contributed by atoms with Crippen molar-refractivity contribution in [1.82, 2.24) is 0 Å². The molecule has 0 aromatic rings. The summed E-state index contributed by atoms with van der Waals surface area (Å²) in [7, 11) is 0. The van der Waals surface area contributed by atoms with E-state index in [-0.39, 0.29) is 41.0 Å². The molecule has 0 spiro atoms. The molecule has 0 heterocycles. The summed E-state index contributed by atoms with van der Waals surface area (Å²) in [5.74, 6) is -0.0979. The van der Waals surface area contributed by atoms with Crippen LogP contribution in [0.2, 0.25) is 0 Å². The normalized spacial score (nSPS) is 50.9. The van der Waals surface area contributed by atoms with Gasteiger partial charge in [-0.2, -0.15) is 0 Å². The molecular formula is C17H26O4. The highest BCUT2D eigenvalue weighted by Gasteiger charge is 2.77. The SMILES string of the molecule is CC(=O)O[C@H]1C[C@@H](C)[C@@H]2CC(=O)[C@@]3(C)CC(C)(C)[C@H]1[C@]23O. The third-order valence-electron chi connectivity index (χ3n) is 6.58. The molecule has 0 amide bonds. The first-order chi connectivity index (χ1) is 9.54. The Kier molecular flexibility index (Phi) is 2.93. The number of aliphatic hydroxyl groups is 1. The lowest BCUT2D eigenvalue weighted by Crippen LogP contribution is -2.59. The van der Waals surface area contributed by atoms with Crippen molar-refractivity contribution in [2.45, 2.75) is 65.6 Å². The monoisotopic (exact) mass is 294 g/mol. The van der Waals surface area contributed by atoms with Gasteiger partial charge in [-0.15, -0.1) is 0 Å². The van der Waals surface area contributed by atoms with Crippen LogP contribution in [0.3, 0.4) is 0 Å². The van der Waals surface area contributed by atoms with Crippen LogP contribution in [0.1, 0.15) is 53.9 Å². The maximum atomic E-state index is 12.6. The predicted octanol–water partition coefficient (Wildman–Crippen LogP) is 2.33. The van der Waals surface area contributed by atoms with Gasteiger partial charge in [0.2, 0.25) is 0 Å². The lowest BCUT2D eigenvalue weighted by Gasteiger charge is -2.51. The number of esters is 1. The fourth-order valence-electron chi connectivity index (χ4n) is 6.06. The van der Waals surface area contributed by atoms with E-state index < -0.39 is 11.0 Å². The average molecular weight is 294 g/mol. The molecule has 0 bridgehead atoms. The van der Waals surface area contributed by atoms with Gasteiger partial charge in [0.1, 0.15) is 11.9 Å². The molecule has 1 N–H and O–H groups in total. The van der Waals surface area contributed by atoms with Gasteiger partial charge in [-0.3, -0.25) is 9.59 Å². The van der Waals surface area contributed by atoms with Crippen LogP contribution < -0.4 is 0 Å². The molecule has 0 aliphatic heterocycles. The second-order valence-corrected chi connectivity index (χ2v) is 8.40. The Morgan fingerprint density at radius 3 is 2.52 bits per heavy atom. The molecule has 4 nitrogen and oxygen atoms in total. The summed E-state index contributed by atoms with van der Waals surface area (Å²) in [6, 6.07) is 0. The molecule has 21 heavy (non-hydrogen) atoms. The summed E-state index contributed by atoms with van der Waals surface area (Å²) in [5.41, 5.74) is -1.94. The van der Waals surface area contributed by atoms with Crippen LogP contribution >= 0.6 is 0 Å². The van der Waals surface area contributed by atoms with Crippen LogP contribution in [0.5, 0.6) is 0 Å². The van der Waals surface area contributed by atoms with Crippen molar-refractivity contribution in [3.63, 3.8) is 0 Å². The van der Waals surface area contributed by atoms with Gasteiger partial charge in [0.15, 0.2) is 0 Å². The molecule has 3 fully saturated rings. The zero-order chi connectivity index (χ0) is 15.8. The Bertz CT molecular complexity index is 511. The van der Waals surface area contributed by atoms with E-state index in [9.17, 15) is 14.7 Å². The third kappa shape index (κ3) is 1.65. The molecule has 118 valence electrons. The highest BCUT2D eigenvalue weighted by molar-refractivity contribution is 5.90. The summed E-state index contributed by atoms with van der Waals surface area (Å²) in [6.07, 6.45) is 1.58. The Hall–Kier alpha value is -0.900. The maximum Gasteiger partial charge on any atom is 0.302 e. The number of hydrogen-bond acceptors (Lipinski definition) is 4. The van der Waals surface area contributed by atoms with Crippen molar-refractivity contribution < 1.29 is 19.4 Å². The predicted molar refractivity (Wildman–Crippen MR) is 77.4 cm³/mol. The summed E-state index contributed by atoms with van der Waals surface area (Å²) in [4.78, 5) is 24.1. The van der Waals surface area contributed by atoms with E-state index in [2.05, 4.69) is 20.8 Å². The number of carbonyl (C=O) groups is 2. The topological polar surface area (TPSA) is 63.6 Å². The van der Waals surface area contributed by atoms with Crippen molar-refractivity contribution in [3.05, 3.63) is 0 Å². The zero-order valence-electron chi connectivity index (χ0n) is 13.6. The van der Waals surface area contributed by atoms with Gasteiger partial charge >= 0.3 is 5.97 Å². The largest absolute Gasteiger partial charge is 0.462 e. The second kappa shape index (κ2) is 4.09. The smallest absolute Gasteiger partial charge is 0.302 e. The van der Waals surface area contributed by atoms with Crippen LogP contribution in [0.25, 0.3) is 0 Å². The van der Waals surface area contributed by atoms with Gasteiger partial charge < -0.3 is 9.84 Å². The van der Waals surface area contributed by atoms with Gasteiger partial charge in [-0.25, -0.2) is 0 Å². The van der Waals surface area contributed by atoms with Crippen LogP contribution in [-0.4, -0.2) is 28.6 Å². The van der Waals surface area contributed by atoms with Crippen molar-refractivity contribution in [3.8, 4) is 0 Å². The maximum absolute atomic E-state index is 12.6. The van der Waals surface area contributed by atoms with Crippen LogP contribution in [0, 0.1) is 28.6 Å². The van der Waals surface area contributed by atoms with Crippen molar-refractivity contribution in [2.24, 2.45) is 28.6 Å². The van der Waals surface area contributed by atoms with Gasteiger partial charge in [0, 0.05) is 19.3 Å². The highest BCUT2D eigenvalue weighted by atomic mass is 16.5. The minimum Gasteiger partial charge on any atom is -0.462 e. The fourth-order valence-corrected chi connectivity index (χ4v) is 6.06. The van der Waals surface area contributed by atoms with Crippen molar-refractivity contribution in [1.29, 1.82) is 0 Å². The lowest BCUT2D eigenvalue weighted by atomic mass is 9.59. The summed E-state index contributed by atoms with van der Waals surface area (Å²) in [6.45, 7) is 9.59. The van der Waals surface area contributed by atoms with E-state index in [1.807, 2.05) is 6.92 Å². The highest BCUT2D eigenvalue weighted by Crippen LogP contribution is 2.71. The first kappa shape index (κ1) is 15.0. The Balaban J connectivity index is 2.12. The number of rotatable bonds is 1. The third-order valence-corrected chi connectivity index (χ3v) is 6.58. The Morgan fingerprint density at radius 1 is 1.33 bits per heavy atom. The Morgan fingerprint density at radius 2 is 1.95 bits per heavy atom. The first-order valence-electron chi connectivity index (χ1n) is 7.97. The van der Waals surface area contributed by atoms with Crippen molar-refractivity contribution >= 4 is 11.8 Å². The molecule has 0 aromatic carbocycles. The minimum absolute atomic E-state index is 0.00594. The molecule has 3 saturated carbocycles. The molecular weight excluding hydrogens is 268 g/mol. The molecule has 3 aliphatic rings. The van der Waals surface area contributed by atoms with E-state index in [0.29, 0.717) is 12.8 Å². The second-order valence-electron chi connectivity index (χ2n) is 8.40. The van der Waals surface area contributed by atoms with Gasteiger partial charge in [-0.05, 0) is 37.0 Å². The lowest BCUT2D eigenvalue weighted by molar-refractivity contribution is -0.195. The Labute approximate surface area is 126 Å². The van der Waals surface area contributed by atoms with E-state index in [1.165, 1.54) is 6.92 Å². The molecule has 0 unspecified atom stereocenters. The molecule has 0 aromatic heterocycles. The summed E-state index contributed by atoms with van der Waals surface area (Å²) >= 11 is 0. The standard InChI is InChI=1S/C17H26O4/c1-9-6-12(21-10(2)18)14-15(3,4)8-16(5)13(19)7-11(9)17(14,16)20/h9,11-12,14,20H,6-8H2,1-5H3/t9-,11+,12+,14+,16-,17-/m1/s1. The number of Topliss-reactive ketones (excluding diaryl/α,β-unsaturated/α-hetero) is 1. The van der Waals surface area contributed by atoms with Crippen LogP contribution in [0.4, 0.5) is 0 Å². The van der Waals surface area contributed by atoms with E-state index in [4.69, 9.17) is 4.74 Å². The van der Waals surface area contributed by atoms with Gasteiger partial charge in [-0.1, -0.05) is 20.8 Å². The van der Waals surface area contributed by atoms with Crippen molar-refractivity contribution in [2.75, 3.05) is 0 Å².